The maximum Gasteiger partial charge on any atom is 0.338 e. The van der Waals surface area contributed by atoms with Crippen molar-refractivity contribution in [3.8, 4) is 0 Å². The highest BCUT2D eigenvalue weighted by Gasteiger charge is 2.54. The summed E-state index contributed by atoms with van der Waals surface area (Å²) in [7, 11) is 0. The van der Waals surface area contributed by atoms with Crippen molar-refractivity contribution in [3.63, 3.8) is 0 Å². The first-order valence-electron chi connectivity index (χ1n) is 19.7. The van der Waals surface area contributed by atoms with Gasteiger partial charge in [0.2, 0.25) is 0 Å². The molecule has 7 rings (SSSR count). The molecule has 0 aliphatic carbocycles. The van der Waals surface area contributed by atoms with Gasteiger partial charge in [0.15, 0.2) is 35.4 Å². The number of benzene rings is 4. The van der Waals surface area contributed by atoms with Crippen LogP contribution in [0.4, 0.5) is 5.82 Å². The summed E-state index contributed by atoms with van der Waals surface area (Å²) in [6, 6.07) is 34.0. The Labute approximate surface area is 357 Å². The summed E-state index contributed by atoms with van der Waals surface area (Å²) < 4.78 is 21.1. The number of hydrogen-bond acceptors (Lipinski definition) is 12. The normalized spacial score (nSPS) is 17.6. The van der Waals surface area contributed by atoms with Gasteiger partial charge in [-0.1, -0.05) is 100 Å². The lowest BCUT2D eigenvalue weighted by molar-refractivity contribution is -0.0478. The number of esters is 2. The number of fused-ring (bicyclic) bond motifs is 1. The van der Waals surface area contributed by atoms with Crippen LogP contribution in [-0.2, 0) is 14.2 Å². The van der Waals surface area contributed by atoms with Crippen LogP contribution in [0.15, 0.2) is 134 Å². The molecule has 2 amide bonds. The van der Waals surface area contributed by atoms with Gasteiger partial charge in [-0.05, 0) is 71.9 Å². The van der Waals surface area contributed by atoms with Gasteiger partial charge in [-0.3, -0.25) is 14.2 Å². The maximum atomic E-state index is 14.2. The highest BCUT2D eigenvalue weighted by atomic mass is 32.2. The lowest BCUT2D eigenvalue weighted by atomic mass is 10.1. The summed E-state index contributed by atoms with van der Waals surface area (Å²) in [6.07, 6.45) is -1.52. The third kappa shape index (κ3) is 9.62. The van der Waals surface area contributed by atoms with Crippen molar-refractivity contribution >= 4 is 64.3 Å². The Balaban J connectivity index is 1.36. The van der Waals surface area contributed by atoms with Crippen molar-refractivity contribution in [1.82, 2.24) is 19.5 Å². The van der Waals surface area contributed by atoms with Gasteiger partial charge in [-0.15, -0.1) is 23.5 Å². The molecule has 1 saturated heterocycles. The molecule has 0 N–H and O–H groups in total. The second kappa shape index (κ2) is 19.5. The Morgan fingerprint density at radius 2 is 1.08 bits per heavy atom. The fourth-order valence-corrected chi connectivity index (χ4v) is 9.43. The number of imide groups is 1. The van der Waals surface area contributed by atoms with E-state index in [4.69, 9.17) is 14.2 Å². The van der Waals surface area contributed by atoms with Crippen molar-refractivity contribution in [2.45, 2.75) is 56.8 Å². The number of aromatic nitrogens is 4. The molecule has 1 aliphatic rings. The second-order valence-corrected chi connectivity index (χ2v) is 17.6. The maximum absolute atomic E-state index is 14.2. The molecule has 0 saturated carbocycles. The lowest BCUT2D eigenvalue weighted by Gasteiger charge is -2.29. The fourth-order valence-electron chi connectivity index (χ4n) is 6.61. The molecule has 2 aromatic heterocycles. The molecule has 0 spiro atoms. The first-order chi connectivity index (χ1) is 29.1. The van der Waals surface area contributed by atoms with Crippen molar-refractivity contribution in [2.75, 3.05) is 16.4 Å². The highest BCUT2D eigenvalue weighted by Crippen LogP contribution is 2.44. The molecule has 0 radical (unpaired) electrons. The lowest BCUT2D eigenvalue weighted by Crippen LogP contribution is -2.42. The Kier molecular flexibility index (Phi) is 13.7. The SMILES string of the molecule is CC(C)CSC(SCC(C)C)[C@H]1O[C@@H](n2cnc3c(N(C(=O)c4ccccc4)C(=O)c4ccccc4)ncnc32)[C@H](OC(=O)c2ccccc2)[C@@H]1OC(=O)c1ccccc1. The summed E-state index contributed by atoms with van der Waals surface area (Å²) in [5.74, 6) is -0.274. The van der Waals surface area contributed by atoms with Gasteiger partial charge in [-0.2, -0.15) is 0 Å². The standard InChI is InChI=1S/C46H45N5O7S2/c1-29(2)25-59-46(60-26-30(3)4)38-36(57-44(54)33-21-13-7-14-22-33)37(58-45(55)34-23-15-8-16-24-34)43(56-38)50-28-49-35-39(50)47-27-48-40(35)51(41(52)31-17-9-5-10-18-31)42(53)32-19-11-6-12-20-32/h5-24,27-30,36-38,43,46H,25-26H2,1-4H3/t36-,37+,38-,43+/m0/s1. The van der Waals surface area contributed by atoms with Gasteiger partial charge in [0.25, 0.3) is 11.8 Å². The van der Waals surface area contributed by atoms with Crippen molar-refractivity contribution in [2.24, 2.45) is 11.8 Å². The minimum atomic E-state index is -1.21. The number of imidazole rings is 1. The molecule has 12 nitrogen and oxygen atoms in total. The molecule has 6 aromatic rings. The predicted molar refractivity (Wildman–Crippen MR) is 233 cm³/mol. The van der Waals surface area contributed by atoms with E-state index in [1.807, 2.05) is 6.07 Å². The summed E-state index contributed by atoms with van der Waals surface area (Å²) >= 11 is 3.40. The van der Waals surface area contributed by atoms with E-state index in [-0.39, 0.29) is 32.7 Å². The zero-order valence-corrected chi connectivity index (χ0v) is 35.2. The number of carbonyl (C=O) groups excluding carboxylic acids is 4. The summed E-state index contributed by atoms with van der Waals surface area (Å²) in [6.45, 7) is 8.54. The van der Waals surface area contributed by atoms with Crippen molar-refractivity contribution in [1.29, 1.82) is 0 Å². The average Bonchev–Trinajstić information content (AvgIpc) is 3.86. The molecule has 4 atom stereocenters. The molecular formula is C46H45N5O7S2. The third-order valence-electron chi connectivity index (χ3n) is 9.46. The van der Waals surface area contributed by atoms with Crippen LogP contribution in [0.3, 0.4) is 0 Å². The van der Waals surface area contributed by atoms with Gasteiger partial charge in [-0.25, -0.2) is 29.4 Å². The van der Waals surface area contributed by atoms with E-state index in [9.17, 15) is 19.2 Å². The summed E-state index contributed by atoms with van der Waals surface area (Å²) in [5.41, 5.74) is 1.44. The smallest absolute Gasteiger partial charge is 0.338 e. The van der Waals surface area contributed by atoms with Crippen LogP contribution in [0.2, 0.25) is 0 Å². The predicted octanol–water partition coefficient (Wildman–Crippen LogP) is 8.77. The zero-order valence-electron chi connectivity index (χ0n) is 33.6. The van der Waals surface area contributed by atoms with Crippen molar-refractivity contribution < 1.29 is 33.4 Å². The van der Waals surface area contributed by atoms with Gasteiger partial charge in [0.05, 0.1) is 22.0 Å². The van der Waals surface area contributed by atoms with E-state index >= 15 is 0 Å². The number of nitrogens with zero attached hydrogens (tertiary/aromatic N) is 5. The van der Waals surface area contributed by atoms with E-state index in [0.717, 1.165) is 16.4 Å². The summed E-state index contributed by atoms with van der Waals surface area (Å²) in [5, 5.41) is 0. The minimum absolute atomic E-state index is 0.0567. The van der Waals surface area contributed by atoms with E-state index in [0.29, 0.717) is 23.0 Å². The first kappa shape index (κ1) is 42.3. The van der Waals surface area contributed by atoms with Gasteiger partial charge in [0, 0.05) is 11.1 Å². The van der Waals surface area contributed by atoms with Crippen LogP contribution in [0.25, 0.3) is 11.2 Å². The minimum Gasteiger partial charge on any atom is -0.452 e. The van der Waals surface area contributed by atoms with E-state index in [2.05, 4.69) is 42.6 Å². The van der Waals surface area contributed by atoms with Gasteiger partial charge in [0.1, 0.15) is 12.4 Å². The third-order valence-corrected chi connectivity index (χ3v) is 13.2. The first-order valence-corrected chi connectivity index (χ1v) is 21.8. The summed E-state index contributed by atoms with van der Waals surface area (Å²) in [4.78, 5) is 71.2. The number of ether oxygens (including phenoxy) is 3. The molecule has 1 aliphatic heterocycles. The number of amides is 2. The molecule has 0 bridgehead atoms. The molecular weight excluding hydrogens is 799 g/mol. The monoisotopic (exact) mass is 843 g/mol. The van der Waals surface area contributed by atoms with E-state index in [1.54, 1.807) is 143 Å². The molecule has 14 heteroatoms. The van der Waals surface area contributed by atoms with E-state index < -0.39 is 48.3 Å². The molecule has 60 heavy (non-hydrogen) atoms. The zero-order chi connectivity index (χ0) is 42.2. The van der Waals surface area contributed by atoms with Crippen molar-refractivity contribution in [3.05, 3.63) is 156 Å². The molecule has 0 unspecified atom stereocenters. The van der Waals surface area contributed by atoms with Crippen LogP contribution >= 0.6 is 23.5 Å². The Morgan fingerprint density at radius 1 is 0.633 bits per heavy atom. The van der Waals surface area contributed by atoms with E-state index in [1.165, 1.54) is 12.7 Å². The Hall–Kier alpha value is -5.83. The van der Waals surface area contributed by atoms with Crippen LogP contribution < -0.4 is 4.90 Å². The number of anilines is 1. The number of thioether (sulfide) groups is 2. The van der Waals surface area contributed by atoms with Crippen LogP contribution in [-0.4, -0.2) is 77.7 Å². The Bertz CT molecular complexity index is 2340. The highest BCUT2D eigenvalue weighted by molar-refractivity contribution is 8.17. The quantitative estimate of drug-likeness (QED) is 0.0554. The topological polar surface area (TPSA) is 143 Å². The largest absolute Gasteiger partial charge is 0.452 e. The molecule has 308 valence electrons. The molecule has 4 aromatic carbocycles. The number of rotatable bonds is 15. The molecule has 1 fully saturated rings. The van der Waals surface area contributed by atoms with Gasteiger partial charge >= 0.3 is 11.9 Å². The number of carbonyl (C=O) groups is 4. The molecule has 3 heterocycles. The number of hydrogen-bond donors (Lipinski definition) is 0. The van der Waals surface area contributed by atoms with Gasteiger partial charge < -0.3 is 14.2 Å². The fraction of sp³-hybridized carbons (Fsp3) is 0.283. The Morgan fingerprint density at radius 3 is 1.55 bits per heavy atom. The van der Waals surface area contributed by atoms with Crippen LogP contribution in [0.5, 0.6) is 0 Å². The average molecular weight is 844 g/mol. The second-order valence-electron chi connectivity index (χ2n) is 15.0. The van der Waals surface area contributed by atoms with Crippen LogP contribution in [0, 0.1) is 11.8 Å². The van der Waals surface area contributed by atoms with Crippen LogP contribution in [0.1, 0.15) is 75.4 Å².